The van der Waals surface area contributed by atoms with E-state index in [-0.39, 0.29) is 31.2 Å². The van der Waals surface area contributed by atoms with Gasteiger partial charge in [-0.3, -0.25) is 14.6 Å². The van der Waals surface area contributed by atoms with Crippen LogP contribution in [0, 0.1) is 0 Å². The van der Waals surface area contributed by atoms with Gasteiger partial charge in [0.05, 0.1) is 13.5 Å². The molecule has 26 heavy (non-hydrogen) atoms. The second-order valence-electron chi connectivity index (χ2n) is 5.33. The molecule has 2 heterocycles. The Hall–Kier alpha value is -3.42. The number of carbonyl (C=O) groups is 2. The first-order valence-corrected chi connectivity index (χ1v) is 7.93. The zero-order chi connectivity index (χ0) is 18.4. The molecule has 0 radical (unpaired) electrons. The van der Waals surface area contributed by atoms with Gasteiger partial charge in [0.25, 0.3) is 5.91 Å². The number of pyridine rings is 1. The van der Waals surface area contributed by atoms with Gasteiger partial charge in [-0.25, -0.2) is 4.98 Å². The van der Waals surface area contributed by atoms with Crippen molar-refractivity contribution in [2.45, 2.75) is 13.0 Å². The van der Waals surface area contributed by atoms with Crippen LogP contribution in [-0.2, 0) is 16.1 Å². The fourth-order valence-corrected chi connectivity index (χ4v) is 2.28. The van der Waals surface area contributed by atoms with Crippen molar-refractivity contribution in [3.05, 3.63) is 54.4 Å². The highest BCUT2D eigenvalue weighted by Gasteiger charge is 2.13. The monoisotopic (exact) mass is 355 g/mol. The standard InChI is InChI=1S/C18H17N3O5/c1-24-16(22)7-9-20-18(23)13-10-26-15(21-13)11-25-14-6-2-4-12-5-3-8-19-17(12)14/h2-6,8,10H,7,9,11H2,1H3,(H,20,23). The molecule has 1 N–H and O–H groups in total. The minimum absolute atomic E-state index is 0.0606. The number of benzene rings is 1. The van der Waals surface area contributed by atoms with Crippen LogP contribution in [0.3, 0.4) is 0 Å². The number of ether oxygens (including phenoxy) is 2. The van der Waals surface area contributed by atoms with Crippen LogP contribution in [-0.4, -0.2) is 35.5 Å². The molecular formula is C18H17N3O5. The number of nitrogens with one attached hydrogen (secondary N) is 1. The molecule has 1 aromatic carbocycles. The molecule has 0 atom stereocenters. The highest BCUT2D eigenvalue weighted by atomic mass is 16.5. The molecule has 0 bridgehead atoms. The molecule has 8 nitrogen and oxygen atoms in total. The Bertz CT molecular complexity index is 917. The SMILES string of the molecule is COC(=O)CCNC(=O)c1coc(COc2cccc3cccnc23)n1. The summed E-state index contributed by atoms with van der Waals surface area (Å²) in [5, 5.41) is 3.52. The smallest absolute Gasteiger partial charge is 0.307 e. The average molecular weight is 355 g/mol. The molecule has 0 aliphatic heterocycles. The number of hydrogen-bond acceptors (Lipinski definition) is 7. The minimum Gasteiger partial charge on any atom is -0.482 e. The predicted molar refractivity (Wildman–Crippen MR) is 91.5 cm³/mol. The predicted octanol–water partition coefficient (Wildman–Crippen LogP) is 2.09. The fourth-order valence-electron chi connectivity index (χ4n) is 2.28. The van der Waals surface area contributed by atoms with E-state index in [4.69, 9.17) is 9.15 Å². The Morgan fingerprint density at radius 1 is 1.23 bits per heavy atom. The van der Waals surface area contributed by atoms with E-state index in [9.17, 15) is 9.59 Å². The number of para-hydroxylation sites is 1. The topological polar surface area (TPSA) is 104 Å². The van der Waals surface area contributed by atoms with Crippen LogP contribution in [0.25, 0.3) is 10.9 Å². The van der Waals surface area contributed by atoms with E-state index in [0.717, 1.165) is 10.9 Å². The molecule has 0 unspecified atom stereocenters. The zero-order valence-corrected chi connectivity index (χ0v) is 14.1. The highest BCUT2D eigenvalue weighted by Crippen LogP contribution is 2.23. The molecule has 8 heteroatoms. The molecule has 0 fully saturated rings. The lowest BCUT2D eigenvalue weighted by Gasteiger charge is -2.06. The summed E-state index contributed by atoms with van der Waals surface area (Å²) in [6.45, 7) is 0.219. The van der Waals surface area contributed by atoms with Crippen molar-refractivity contribution in [3.63, 3.8) is 0 Å². The largest absolute Gasteiger partial charge is 0.482 e. The van der Waals surface area contributed by atoms with E-state index in [1.807, 2.05) is 24.3 Å². The van der Waals surface area contributed by atoms with Crippen LogP contribution in [0.4, 0.5) is 0 Å². The number of methoxy groups -OCH3 is 1. The quantitative estimate of drug-likeness (QED) is 0.647. The van der Waals surface area contributed by atoms with Gasteiger partial charge in [0.1, 0.15) is 17.5 Å². The van der Waals surface area contributed by atoms with Crippen molar-refractivity contribution in [1.82, 2.24) is 15.3 Å². The minimum atomic E-state index is -0.435. The third kappa shape index (κ3) is 4.15. The van der Waals surface area contributed by atoms with Gasteiger partial charge in [-0.15, -0.1) is 0 Å². The van der Waals surface area contributed by atoms with E-state index < -0.39 is 11.9 Å². The van der Waals surface area contributed by atoms with Gasteiger partial charge >= 0.3 is 5.97 Å². The molecule has 2 aromatic heterocycles. The number of hydrogen-bond donors (Lipinski definition) is 1. The van der Waals surface area contributed by atoms with Crippen LogP contribution in [0.5, 0.6) is 5.75 Å². The third-order valence-corrected chi connectivity index (χ3v) is 3.57. The summed E-state index contributed by atoms with van der Waals surface area (Å²) in [7, 11) is 1.29. The summed E-state index contributed by atoms with van der Waals surface area (Å²) in [5.41, 5.74) is 0.854. The normalized spacial score (nSPS) is 10.5. The lowest BCUT2D eigenvalue weighted by molar-refractivity contribution is -0.140. The van der Waals surface area contributed by atoms with Crippen LogP contribution in [0.1, 0.15) is 22.8 Å². The van der Waals surface area contributed by atoms with Crippen molar-refractivity contribution in [3.8, 4) is 5.75 Å². The van der Waals surface area contributed by atoms with Crippen LogP contribution in [0.2, 0.25) is 0 Å². The van der Waals surface area contributed by atoms with Crippen LogP contribution >= 0.6 is 0 Å². The summed E-state index contributed by atoms with van der Waals surface area (Å²) in [5.74, 6) is 0.0281. The zero-order valence-electron chi connectivity index (χ0n) is 14.1. The number of carbonyl (C=O) groups excluding carboxylic acids is 2. The average Bonchev–Trinajstić information content (AvgIpc) is 3.15. The Labute approximate surface area is 149 Å². The molecule has 134 valence electrons. The van der Waals surface area contributed by atoms with Crippen molar-refractivity contribution >= 4 is 22.8 Å². The Morgan fingerprint density at radius 3 is 2.92 bits per heavy atom. The maximum Gasteiger partial charge on any atom is 0.307 e. The number of rotatable bonds is 7. The van der Waals surface area contributed by atoms with Crippen molar-refractivity contribution < 1.29 is 23.5 Å². The molecule has 3 aromatic rings. The summed E-state index contributed by atoms with van der Waals surface area (Å²) >= 11 is 0. The number of amides is 1. The second-order valence-corrected chi connectivity index (χ2v) is 5.33. The van der Waals surface area contributed by atoms with Gasteiger partial charge in [0.2, 0.25) is 5.89 Å². The van der Waals surface area contributed by atoms with E-state index >= 15 is 0 Å². The fraction of sp³-hybridized carbons (Fsp3) is 0.222. The van der Waals surface area contributed by atoms with E-state index in [1.54, 1.807) is 12.3 Å². The Morgan fingerprint density at radius 2 is 2.08 bits per heavy atom. The number of esters is 1. The molecule has 1 amide bonds. The summed E-state index contributed by atoms with van der Waals surface area (Å²) in [4.78, 5) is 31.3. The van der Waals surface area contributed by atoms with Gasteiger partial charge in [-0.2, -0.15) is 0 Å². The molecular weight excluding hydrogens is 338 g/mol. The highest BCUT2D eigenvalue weighted by molar-refractivity contribution is 5.92. The van der Waals surface area contributed by atoms with Gasteiger partial charge in [0, 0.05) is 18.1 Å². The maximum atomic E-state index is 11.9. The van der Waals surface area contributed by atoms with Gasteiger partial charge in [-0.1, -0.05) is 18.2 Å². The van der Waals surface area contributed by atoms with E-state index in [0.29, 0.717) is 5.75 Å². The summed E-state index contributed by atoms with van der Waals surface area (Å²) in [6, 6.07) is 9.41. The van der Waals surface area contributed by atoms with E-state index in [1.165, 1.54) is 13.4 Å². The second kappa shape index (κ2) is 8.11. The lowest BCUT2D eigenvalue weighted by atomic mass is 10.2. The lowest BCUT2D eigenvalue weighted by Crippen LogP contribution is -2.26. The molecule has 0 aliphatic carbocycles. The third-order valence-electron chi connectivity index (χ3n) is 3.57. The Kier molecular flexibility index (Phi) is 5.43. The van der Waals surface area contributed by atoms with Gasteiger partial charge < -0.3 is 19.2 Å². The van der Waals surface area contributed by atoms with Crippen LogP contribution in [0.15, 0.2) is 47.2 Å². The van der Waals surface area contributed by atoms with Crippen molar-refractivity contribution in [2.24, 2.45) is 0 Å². The molecule has 0 aliphatic rings. The molecule has 0 saturated carbocycles. The summed E-state index contributed by atoms with van der Waals surface area (Å²) < 4.78 is 15.5. The molecule has 3 rings (SSSR count). The van der Waals surface area contributed by atoms with E-state index in [2.05, 4.69) is 20.0 Å². The van der Waals surface area contributed by atoms with Gasteiger partial charge in [-0.05, 0) is 12.1 Å². The number of aromatic nitrogens is 2. The Balaban J connectivity index is 1.58. The number of oxazole rings is 1. The van der Waals surface area contributed by atoms with Crippen LogP contribution < -0.4 is 10.1 Å². The number of fused-ring (bicyclic) bond motifs is 1. The number of nitrogens with zero attached hydrogens (tertiary/aromatic N) is 2. The first-order chi connectivity index (χ1) is 12.7. The van der Waals surface area contributed by atoms with Crippen molar-refractivity contribution in [1.29, 1.82) is 0 Å². The van der Waals surface area contributed by atoms with Crippen molar-refractivity contribution in [2.75, 3.05) is 13.7 Å². The summed E-state index contributed by atoms with van der Waals surface area (Å²) in [6.07, 6.45) is 3.02. The first kappa shape index (κ1) is 17.4. The first-order valence-electron chi connectivity index (χ1n) is 7.93. The molecule has 0 spiro atoms. The van der Waals surface area contributed by atoms with Gasteiger partial charge in [0.15, 0.2) is 12.3 Å². The molecule has 0 saturated heterocycles. The maximum absolute atomic E-state index is 11.9.